The second-order valence-electron chi connectivity index (χ2n) is 10.3. The molecule has 4 nitrogen and oxygen atoms in total. The highest BCUT2D eigenvalue weighted by atomic mass is 16.5. The monoisotopic (exact) mass is 459 g/mol. The van der Waals surface area contributed by atoms with Crippen LogP contribution in [0.15, 0.2) is 72.8 Å². The van der Waals surface area contributed by atoms with E-state index in [-0.39, 0.29) is 5.75 Å². The summed E-state index contributed by atoms with van der Waals surface area (Å²) in [5.74, 6) is 0.577. The van der Waals surface area contributed by atoms with Crippen LogP contribution in [0.2, 0.25) is 0 Å². The van der Waals surface area contributed by atoms with Crippen molar-refractivity contribution in [3.63, 3.8) is 0 Å². The van der Waals surface area contributed by atoms with Crippen molar-refractivity contribution >= 4 is 11.8 Å². The van der Waals surface area contributed by atoms with Gasteiger partial charge in [0.1, 0.15) is 5.75 Å². The first-order chi connectivity index (χ1) is 16.0. The number of benzene rings is 3. The van der Waals surface area contributed by atoms with Gasteiger partial charge < -0.3 is 9.84 Å². The molecule has 2 N–H and O–H groups in total. The molecule has 3 aromatic carbocycles. The van der Waals surface area contributed by atoms with Crippen LogP contribution in [-0.4, -0.2) is 17.8 Å². The molecule has 0 heterocycles. The van der Waals surface area contributed by atoms with Gasteiger partial charge in [-0.2, -0.15) is 0 Å². The smallest absolute Gasteiger partial charge is 0.411 e. The van der Waals surface area contributed by atoms with Gasteiger partial charge in [-0.15, -0.1) is 0 Å². The fourth-order valence-corrected chi connectivity index (χ4v) is 4.41. The Morgan fingerprint density at radius 2 is 1.38 bits per heavy atom. The second-order valence-corrected chi connectivity index (χ2v) is 10.3. The lowest BCUT2D eigenvalue weighted by Crippen LogP contribution is -2.28. The summed E-state index contributed by atoms with van der Waals surface area (Å²) in [6, 6.07) is 23.8. The zero-order chi connectivity index (χ0) is 24.9. The summed E-state index contributed by atoms with van der Waals surface area (Å²) in [7, 11) is 0. The Kier molecular flexibility index (Phi) is 7.71. The lowest BCUT2D eigenvalue weighted by Gasteiger charge is -2.35. The van der Waals surface area contributed by atoms with Crippen molar-refractivity contribution in [2.24, 2.45) is 5.92 Å². The molecule has 0 aliphatic carbocycles. The maximum atomic E-state index is 12.9. The van der Waals surface area contributed by atoms with E-state index in [1.54, 1.807) is 6.07 Å². The lowest BCUT2D eigenvalue weighted by molar-refractivity contribution is 0.155. The van der Waals surface area contributed by atoms with Gasteiger partial charge in [0.2, 0.25) is 0 Å². The third kappa shape index (κ3) is 5.44. The zero-order valence-corrected chi connectivity index (χ0v) is 21.2. The van der Waals surface area contributed by atoms with Gasteiger partial charge in [-0.05, 0) is 35.1 Å². The van der Waals surface area contributed by atoms with Crippen molar-refractivity contribution in [2.75, 3.05) is 11.9 Å². The van der Waals surface area contributed by atoms with E-state index in [9.17, 15) is 9.90 Å². The van der Waals surface area contributed by atoms with Crippen molar-refractivity contribution in [1.29, 1.82) is 0 Å². The molecule has 34 heavy (non-hydrogen) atoms. The molecule has 0 aromatic heterocycles. The number of aromatic hydroxyl groups is 1. The predicted octanol–water partition coefficient (Wildman–Crippen LogP) is 7.64. The Labute approximate surface area is 204 Å². The maximum absolute atomic E-state index is 12.9. The topological polar surface area (TPSA) is 58.6 Å². The van der Waals surface area contributed by atoms with E-state index in [1.165, 1.54) is 0 Å². The number of ether oxygens (including phenoxy) is 1. The molecular formula is C30H37NO3. The molecule has 3 aromatic rings. The number of carbonyl (C=O) groups excluding carboxylic acids is 1. The van der Waals surface area contributed by atoms with Gasteiger partial charge in [0.15, 0.2) is 0 Å². The summed E-state index contributed by atoms with van der Waals surface area (Å²) >= 11 is 0. The standard InChI is InChI=1S/C30H37NO3/c1-21(2)19-20-34-28(33)31-27-24(29(3,4)22-13-9-7-10-14-22)17-18-25(32)26(27)30(5,6)23-15-11-8-12-16-23/h7-18,21,32H,19-20H2,1-6H3,(H,31,33). The molecule has 0 saturated heterocycles. The number of amides is 1. The molecule has 0 aliphatic rings. The number of phenolic OH excluding ortho intramolecular Hbond substituents is 1. The minimum Gasteiger partial charge on any atom is -0.508 e. The third-order valence-corrected chi connectivity index (χ3v) is 6.63. The molecule has 0 spiro atoms. The Morgan fingerprint density at radius 3 is 1.91 bits per heavy atom. The molecular weight excluding hydrogens is 422 g/mol. The summed E-state index contributed by atoms with van der Waals surface area (Å²) in [5.41, 5.74) is 3.32. The first-order valence-corrected chi connectivity index (χ1v) is 12.0. The van der Waals surface area contributed by atoms with Gasteiger partial charge in [0.05, 0.1) is 12.3 Å². The van der Waals surface area contributed by atoms with Crippen molar-refractivity contribution < 1.29 is 14.6 Å². The molecule has 4 heteroatoms. The van der Waals surface area contributed by atoms with Crippen LogP contribution in [0.4, 0.5) is 10.5 Å². The molecule has 0 radical (unpaired) electrons. The van der Waals surface area contributed by atoms with E-state index in [4.69, 9.17) is 4.74 Å². The van der Waals surface area contributed by atoms with Crippen molar-refractivity contribution in [3.05, 3.63) is 95.1 Å². The van der Waals surface area contributed by atoms with Gasteiger partial charge in [-0.3, -0.25) is 5.32 Å². The van der Waals surface area contributed by atoms with E-state index in [2.05, 4.69) is 59.0 Å². The Balaban J connectivity index is 2.17. The van der Waals surface area contributed by atoms with Crippen LogP contribution in [0.3, 0.4) is 0 Å². The third-order valence-electron chi connectivity index (χ3n) is 6.63. The normalized spacial score (nSPS) is 12.0. The molecule has 0 aliphatic heterocycles. The molecule has 0 fully saturated rings. The van der Waals surface area contributed by atoms with Crippen molar-refractivity contribution in [3.8, 4) is 5.75 Å². The van der Waals surface area contributed by atoms with Gasteiger partial charge in [-0.1, -0.05) is 108 Å². The molecule has 0 atom stereocenters. The minimum atomic E-state index is -0.575. The second kappa shape index (κ2) is 10.3. The Bertz CT molecular complexity index is 1100. The average molecular weight is 460 g/mol. The largest absolute Gasteiger partial charge is 0.508 e. The predicted molar refractivity (Wildman–Crippen MR) is 140 cm³/mol. The van der Waals surface area contributed by atoms with Crippen molar-refractivity contribution in [1.82, 2.24) is 0 Å². The highest BCUT2D eigenvalue weighted by Gasteiger charge is 2.35. The molecule has 1 amide bonds. The summed E-state index contributed by atoms with van der Waals surface area (Å²) < 4.78 is 5.51. The number of rotatable bonds is 8. The van der Waals surface area contributed by atoms with E-state index < -0.39 is 16.9 Å². The van der Waals surface area contributed by atoms with Crippen LogP contribution in [0, 0.1) is 5.92 Å². The van der Waals surface area contributed by atoms with Gasteiger partial charge in [0.25, 0.3) is 0 Å². The summed E-state index contributed by atoms with van der Waals surface area (Å²) in [6.07, 6.45) is 0.277. The first kappa shape index (κ1) is 25.4. The number of hydrogen-bond acceptors (Lipinski definition) is 3. The quantitative estimate of drug-likeness (QED) is 0.364. The van der Waals surface area contributed by atoms with Crippen LogP contribution in [-0.2, 0) is 15.6 Å². The maximum Gasteiger partial charge on any atom is 0.411 e. The number of nitrogens with one attached hydrogen (secondary N) is 1. The average Bonchev–Trinajstić information content (AvgIpc) is 2.79. The SMILES string of the molecule is CC(C)CCOC(=O)Nc1c(C(C)(C)c2ccccc2)ccc(O)c1C(C)(C)c1ccccc1. The number of phenols is 1. The minimum absolute atomic E-state index is 0.138. The molecule has 0 saturated carbocycles. The van der Waals surface area contributed by atoms with Gasteiger partial charge in [0, 0.05) is 16.4 Å². The van der Waals surface area contributed by atoms with Crippen molar-refractivity contribution in [2.45, 2.75) is 58.8 Å². The zero-order valence-electron chi connectivity index (χ0n) is 21.2. The van der Waals surface area contributed by atoms with E-state index in [1.807, 2.05) is 54.6 Å². The van der Waals surface area contributed by atoms with Gasteiger partial charge in [-0.25, -0.2) is 4.79 Å². The first-order valence-electron chi connectivity index (χ1n) is 12.0. The van der Waals surface area contributed by atoms with Gasteiger partial charge >= 0.3 is 6.09 Å². The lowest BCUT2D eigenvalue weighted by atomic mass is 9.71. The van der Waals surface area contributed by atoms with Crippen LogP contribution < -0.4 is 5.32 Å². The fraction of sp³-hybridized carbons (Fsp3) is 0.367. The highest BCUT2D eigenvalue weighted by Crippen LogP contribution is 2.47. The van der Waals surface area contributed by atoms with Crippen LogP contribution in [0.25, 0.3) is 0 Å². The Hall–Kier alpha value is -3.27. The van der Waals surface area contributed by atoms with E-state index in [0.29, 0.717) is 23.8 Å². The summed E-state index contributed by atoms with van der Waals surface area (Å²) in [5, 5.41) is 14.1. The molecule has 180 valence electrons. The molecule has 0 bridgehead atoms. The number of hydrogen-bond donors (Lipinski definition) is 2. The highest BCUT2D eigenvalue weighted by molar-refractivity contribution is 5.89. The number of carbonyl (C=O) groups is 1. The van der Waals surface area contributed by atoms with E-state index >= 15 is 0 Å². The van der Waals surface area contributed by atoms with Crippen LogP contribution in [0.5, 0.6) is 5.75 Å². The molecule has 3 rings (SSSR count). The Morgan fingerprint density at radius 1 is 0.853 bits per heavy atom. The van der Waals surface area contributed by atoms with E-state index in [0.717, 1.165) is 23.1 Å². The fourth-order valence-electron chi connectivity index (χ4n) is 4.41. The number of anilines is 1. The molecule has 0 unspecified atom stereocenters. The van der Waals surface area contributed by atoms with Crippen LogP contribution >= 0.6 is 0 Å². The van der Waals surface area contributed by atoms with Crippen LogP contribution in [0.1, 0.15) is 70.2 Å². The summed E-state index contributed by atoms with van der Waals surface area (Å²) in [4.78, 5) is 12.9. The summed E-state index contributed by atoms with van der Waals surface area (Å²) in [6.45, 7) is 12.9.